The molecular weight excluding hydrogens is 542 g/mol. The average molecular weight is 580 g/mol. The maximum absolute atomic E-state index is 10.1. The highest BCUT2D eigenvalue weighted by Gasteiger charge is 2.19. The van der Waals surface area contributed by atoms with Crippen molar-refractivity contribution in [2.45, 2.75) is 33.3 Å². The summed E-state index contributed by atoms with van der Waals surface area (Å²) in [5.41, 5.74) is 3.76. The number of ether oxygens (including phenoxy) is 2. The minimum atomic E-state index is -0.677. The Labute approximate surface area is 246 Å². The van der Waals surface area contributed by atoms with Crippen LogP contribution in [0.2, 0.25) is 5.02 Å². The number of likely N-dealkylation sites (N-methyl/N-ethyl adjacent to an activating group) is 1. The van der Waals surface area contributed by atoms with Crippen molar-refractivity contribution in [2.75, 3.05) is 32.6 Å². The lowest BCUT2D eigenvalue weighted by molar-refractivity contribution is 0.0490. The number of aliphatic hydroxyl groups is 1. The molecule has 0 amide bonds. The van der Waals surface area contributed by atoms with Crippen LogP contribution in [-0.4, -0.2) is 65.9 Å². The van der Waals surface area contributed by atoms with E-state index in [0.717, 1.165) is 11.9 Å². The average Bonchev–Trinajstić information content (AvgIpc) is 2.95. The summed E-state index contributed by atoms with van der Waals surface area (Å²) in [6.07, 6.45) is 7.30. The monoisotopic (exact) mass is 579 g/mol. The highest BCUT2D eigenvalue weighted by molar-refractivity contribution is 6.53. The summed E-state index contributed by atoms with van der Waals surface area (Å²) in [4.78, 5) is 19.7. The molecule has 2 heterocycles. The van der Waals surface area contributed by atoms with Crippen LogP contribution >= 0.6 is 11.6 Å². The number of hydrogen-bond acceptors (Lipinski definition) is 9. The fourth-order valence-electron chi connectivity index (χ4n) is 3.61. The minimum absolute atomic E-state index is 0.211. The van der Waals surface area contributed by atoms with Gasteiger partial charge in [-0.05, 0) is 44.5 Å². The smallest absolute Gasteiger partial charge is 0.160 e. The van der Waals surface area contributed by atoms with Crippen molar-refractivity contribution in [3.63, 3.8) is 0 Å². The molecule has 41 heavy (non-hydrogen) atoms. The number of nitrogens with zero attached hydrogens (tertiary/aromatic N) is 6. The number of anilines is 1. The molecule has 0 spiro atoms. The van der Waals surface area contributed by atoms with Gasteiger partial charge in [0, 0.05) is 51.9 Å². The summed E-state index contributed by atoms with van der Waals surface area (Å²) in [6.45, 7) is 10.6. The van der Waals surface area contributed by atoms with Gasteiger partial charge >= 0.3 is 0 Å². The second-order valence-electron chi connectivity index (χ2n) is 9.42. The molecule has 1 aromatic heterocycles. The first-order valence-corrected chi connectivity index (χ1v) is 13.6. The van der Waals surface area contributed by atoms with Crippen LogP contribution in [0.25, 0.3) is 0 Å². The Kier molecular flexibility index (Phi) is 11.6. The van der Waals surface area contributed by atoms with Gasteiger partial charge in [-0.3, -0.25) is 0 Å². The predicted octanol–water partition coefficient (Wildman–Crippen LogP) is 5.29. The number of halogens is 1. The molecule has 1 aliphatic rings. The van der Waals surface area contributed by atoms with Crippen molar-refractivity contribution in [2.24, 2.45) is 27.0 Å². The fourth-order valence-corrected chi connectivity index (χ4v) is 3.83. The van der Waals surface area contributed by atoms with E-state index in [1.165, 1.54) is 19.0 Å². The molecule has 11 heteroatoms. The third-order valence-electron chi connectivity index (χ3n) is 6.14. The van der Waals surface area contributed by atoms with Crippen LogP contribution in [0.4, 0.5) is 5.69 Å². The molecule has 1 aliphatic heterocycles. The van der Waals surface area contributed by atoms with E-state index < -0.39 is 6.10 Å². The maximum atomic E-state index is 10.1. The van der Waals surface area contributed by atoms with E-state index >= 15 is 0 Å². The van der Waals surface area contributed by atoms with Crippen molar-refractivity contribution in [3.05, 3.63) is 83.0 Å². The number of aryl methyl sites for hydroxylation is 1. The Balaban J connectivity index is 1.80. The third kappa shape index (κ3) is 9.01. The molecule has 0 saturated heterocycles. The zero-order valence-corrected chi connectivity index (χ0v) is 25.2. The molecule has 0 bridgehead atoms. The summed E-state index contributed by atoms with van der Waals surface area (Å²) >= 11 is 6.62. The first-order chi connectivity index (χ1) is 19.6. The summed E-state index contributed by atoms with van der Waals surface area (Å²) in [7, 11) is 5.26. The number of methoxy groups -OCH3 is 1. The maximum Gasteiger partial charge on any atom is 0.160 e. The second kappa shape index (κ2) is 15.1. The summed E-state index contributed by atoms with van der Waals surface area (Å²) in [5.74, 6) is 2.02. The van der Waals surface area contributed by atoms with Gasteiger partial charge in [-0.25, -0.2) is 20.0 Å². The van der Waals surface area contributed by atoms with Crippen LogP contribution in [0.5, 0.6) is 11.5 Å². The molecular formula is C30H38ClN7O3. The largest absolute Gasteiger partial charge is 0.456 e. The van der Waals surface area contributed by atoms with Crippen LogP contribution in [0, 0.1) is 0 Å². The number of rotatable bonds is 11. The van der Waals surface area contributed by atoms with E-state index in [9.17, 15) is 5.11 Å². The zero-order valence-electron chi connectivity index (χ0n) is 24.4. The molecule has 2 aromatic rings. The van der Waals surface area contributed by atoms with Gasteiger partial charge in [0.25, 0.3) is 0 Å². The molecule has 1 atom stereocenters. The van der Waals surface area contributed by atoms with Crippen molar-refractivity contribution < 1.29 is 14.6 Å². The third-order valence-corrected chi connectivity index (χ3v) is 6.44. The lowest BCUT2D eigenvalue weighted by Crippen LogP contribution is -2.32. The van der Waals surface area contributed by atoms with Gasteiger partial charge in [-0.2, -0.15) is 0 Å². The first-order valence-electron chi connectivity index (χ1n) is 13.2. The van der Waals surface area contributed by atoms with Gasteiger partial charge in [-0.1, -0.05) is 36.8 Å². The Bertz CT molecular complexity index is 1470. The van der Waals surface area contributed by atoms with Crippen molar-refractivity contribution in [1.29, 1.82) is 0 Å². The van der Waals surface area contributed by atoms with E-state index in [-0.39, 0.29) is 6.61 Å². The molecule has 10 nitrogen and oxygen atoms in total. The number of pyridine rings is 1. The molecule has 1 unspecified atom stereocenters. The lowest BCUT2D eigenvalue weighted by atomic mass is 10.2. The Hall–Kier alpha value is -3.99. The van der Waals surface area contributed by atoms with Gasteiger partial charge in [-0.15, -0.1) is 0 Å². The van der Waals surface area contributed by atoms with Crippen LogP contribution in [-0.2, 0) is 11.8 Å². The van der Waals surface area contributed by atoms with Crippen LogP contribution < -0.4 is 15.5 Å². The number of allylic oxidation sites excluding steroid dienone is 2. The number of aliphatic hydroxyl groups excluding tert-OH is 1. The number of nitrogens with one attached hydrogen (secondary N) is 1. The first kappa shape index (κ1) is 31.5. The fraction of sp³-hybridized carbons (Fsp3) is 0.333. The van der Waals surface area contributed by atoms with E-state index in [1.54, 1.807) is 24.1 Å². The molecule has 0 radical (unpaired) electrons. The van der Waals surface area contributed by atoms with Crippen molar-refractivity contribution in [3.8, 4) is 11.5 Å². The summed E-state index contributed by atoms with van der Waals surface area (Å²) in [6, 6.07) is 9.09. The number of amidine groups is 1. The van der Waals surface area contributed by atoms with Crippen LogP contribution in [0.15, 0.2) is 92.4 Å². The predicted molar refractivity (Wildman–Crippen MR) is 167 cm³/mol. The van der Waals surface area contributed by atoms with E-state index in [0.29, 0.717) is 51.8 Å². The van der Waals surface area contributed by atoms with Crippen molar-refractivity contribution >= 4 is 35.2 Å². The molecule has 0 aliphatic carbocycles. The molecule has 0 fully saturated rings. The molecule has 0 saturated carbocycles. The molecule has 1 aromatic carbocycles. The van der Waals surface area contributed by atoms with Gasteiger partial charge in [0.15, 0.2) is 5.84 Å². The van der Waals surface area contributed by atoms with E-state index in [1.807, 2.05) is 62.1 Å². The van der Waals surface area contributed by atoms with Crippen molar-refractivity contribution in [1.82, 2.24) is 9.47 Å². The number of aromatic nitrogens is 1. The van der Waals surface area contributed by atoms with Crippen LogP contribution in [0.3, 0.4) is 0 Å². The summed E-state index contributed by atoms with van der Waals surface area (Å²) < 4.78 is 13.0. The topological polar surface area (TPSA) is 108 Å². The highest BCUT2D eigenvalue weighted by Crippen LogP contribution is 2.31. The SMILES string of the molecule is C=C(/N=C1/C(Nc2ccc(Oc3ccn(C)c(=NC=C(C)CC)c3)c(Cl)c2)=NC=N/C1=C/C)N(C)CC(O)COC. The van der Waals surface area contributed by atoms with E-state index in [2.05, 4.69) is 38.8 Å². The Morgan fingerprint density at radius 1 is 1.32 bits per heavy atom. The Morgan fingerprint density at radius 2 is 2.10 bits per heavy atom. The lowest BCUT2D eigenvalue weighted by Gasteiger charge is -2.23. The zero-order chi connectivity index (χ0) is 29.9. The normalized spacial score (nSPS) is 16.6. The minimum Gasteiger partial charge on any atom is -0.456 e. The number of hydrogen-bond donors (Lipinski definition) is 2. The molecule has 3 rings (SSSR count). The number of aliphatic imine (C=N–C) groups is 3. The number of benzene rings is 1. The Morgan fingerprint density at radius 3 is 2.78 bits per heavy atom. The quantitative estimate of drug-likeness (QED) is 0.376. The standard InChI is InChI=1S/C30H38ClN7O3/c1-8-20(3)16-32-28-15-24(12-13-37(28)5)41-27-11-10-22(14-25(27)31)36-30-29(26(9-2)33-19-34-30)35-21(4)38(6)17-23(39)18-40-7/h9-16,19,23,39H,4,8,17-18H2,1-3,5-7H3,(H,33,34,36)/b20-16?,26-9+,32-28?,35-29+. The van der Waals surface area contributed by atoms with Gasteiger partial charge in [0.2, 0.25) is 0 Å². The molecule has 218 valence electrons. The van der Waals surface area contributed by atoms with E-state index in [4.69, 9.17) is 21.1 Å². The highest BCUT2D eigenvalue weighted by atomic mass is 35.5. The van der Waals surface area contributed by atoms with Crippen LogP contribution in [0.1, 0.15) is 27.2 Å². The molecule has 2 N–H and O–H groups in total. The second-order valence-corrected chi connectivity index (χ2v) is 9.83. The summed E-state index contributed by atoms with van der Waals surface area (Å²) in [5, 5.41) is 13.8. The van der Waals surface area contributed by atoms with Gasteiger partial charge in [0.1, 0.15) is 34.9 Å². The van der Waals surface area contributed by atoms with Gasteiger partial charge in [0.05, 0.1) is 23.4 Å². The van der Waals surface area contributed by atoms with Gasteiger partial charge < -0.3 is 29.4 Å².